The van der Waals surface area contributed by atoms with Crippen LogP contribution in [0.15, 0.2) is 168 Å². The Kier molecular flexibility index (Phi) is 12.6. The van der Waals surface area contributed by atoms with Gasteiger partial charge in [-0.2, -0.15) is 0 Å². The first-order valence-electron chi connectivity index (χ1n) is 25.1. The fraction of sp³-hybridized carbons (Fsp3) is 0.177. The maximum absolute atomic E-state index is 14.3. The predicted octanol–water partition coefficient (Wildman–Crippen LogP) is 16.1. The zero-order valence-corrected chi connectivity index (χ0v) is 43.8. The second-order valence-electron chi connectivity index (χ2n) is 19.4. The third-order valence-corrected chi connectivity index (χ3v) is 15.0. The molecule has 0 aliphatic carbocycles. The molecule has 0 bridgehead atoms. The predicted molar refractivity (Wildman–Crippen MR) is 287 cm³/mol. The number of hydrogen-bond donors (Lipinski definition) is 0. The Labute approximate surface area is 429 Å². The number of pyridine rings is 2. The summed E-state index contributed by atoms with van der Waals surface area (Å²) < 4.78 is 46.4. The fourth-order valence-corrected chi connectivity index (χ4v) is 10.7. The maximum Gasteiger partial charge on any atom is 0.151 e. The molecule has 4 heterocycles. The maximum atomic E-state index is 14.3. The van der Waals surface area contributed by atoms with E-state index < -0.39 is 14.9 Å². The topological polar surface area (TPSA) is 56.7 Å². The van der Waals surface area contributed by atoms with Crippen molar-refractivity contribution in [3.63, 3.8) is 0 Å². The molecular formula is C62H55FIrN4OSi-2. The molecule has 0 aliphatic rings. The van der Waals surface area contributed by atoms with Gasteiger partial charge in [-0.3, -0.25) is 14.4 Å². The van der Waals surface area contributed by atoms with Gasteiger partial charge in [0.2, 0.25) is 0 Å². The Morgan fingerprint density at radius 1 is 0.700 bits per heavy atom. The fourth-order valence-electron chi connectivity index (χ4n) is 9.37. The summed E-state index contributed by atoms with van der Waals surface area (Å²) in [6, 6.07) is 57.0. The van der Waals surface area contributed by atoms with Crippen LogP contribution >= 0.6 is 0 Å². The molecule has 0 amide bonds. The quantitative estimate of drug-likeness (QED) is 0.107. The van der Waals surface area contributed by atoms with Crippen LogP contribution in [0, 0.1) is 24.8 Å². The number of halogens is 1. The average Bonchev–Trinajstić information content (AvgIpc) is 3.94. The molecule has 11 aromatic rings. The van der Waals surface area contributed by atoms with Crippen molar-refractivity contribution in [3.05, 3.63) is 204 Å². The number of rotatable bonds is 9. The Balaban J connectivity index is 0.000000201. The molecule has 0 fully saturated rings. The van der Waals surface area contributed by atoms with Gasteiger partial charge in [0.1, 0.15) is 0 Å². The number of furan rings is 1. The van der Waals surface area contributed by atoms with Crippen molar-refractivity contribution in [1.29, 1.82) is 0 Å². The number of hydrogen-bond acceptors (Lipinski definition) is 4. The molecule has 0 aliphatic heterocycles. The van der Waals surface area contributed by atoms with Crippen LogP contribution < -0.4 is 5.19 Å². The number of aryl methyl sites for hydroxylation is 1. The van der Waals surface area contributed by atoms with E-state index in [2.05, 4.69) is 154 Å². The molecule has 0 saturated carbocycles. The van der Waals surface area contributed by atoms with Crippen LogP contribution in [-0.4, -0.2) is 27.6 Å². The molecule has 0 N–H and O–H groups in total. The van der Waals surface area contributed by atoms with Gasteiger partial charge in [0.05, 0.1) is 30.5 Å². The standard InChI is InChI=1S/C41H34N3O.C21H21FNSi.Ir/c1-25(2)33-20-30(29-18-17-27-11-5-6-12-28(27)19-29)21-34(26(3)4)36(33)24-44-38-15-9-8-14-37(38)43-40(44)31-22-35-32-13-7-10-16-39(32)45-41(35)42-23-31;1-15-12-20(23-14-21(15)24(2,3)4)17-10-11-19(22)18(13-17)16-8-6-5-7-9-16;/h5-21,23,25-26H,24H2,1-4H3;5-9,11-14H,1-4H3;/q2*-1;/i;1D3;. The van der Waals surface area contributed by atoms with Crippen LogP contribution in [0.1, 0.15) is 65.9 Å². The van der Waals surface area contributed by atoms with Crippen LogP contribution in [0.5, 0.6) is 0 Å². The smallest absolute Gasteiger partial charge is 0.151 e. The molecule has 1 radical (unpaired) electrons. The van der Waals surface area contributed by atoms with Crippen molar-refractivity contribution in [2.45, 2.75) is 72.6 Å². The zero-order valence-electron chi connectivity index (χ0n) is 43.4. The summed E-state index contributed by atoms with van der Waals surface area (Å²) in [7, 11) is -1.88. The molecular weight excluding hydrogens is 1060 g/mol. The number of para-hydroxylation sites is 3. The van der Waals surface area contributed by atoms with Crippen LogP contribution in [0.3, 0.4) is 0 Å². The van der Waals surface area contributed by atoms with E-state index in [1.54, 1.807) is 18.3 Å². The normalized spacial score (nSPS) is 12.5. The van der Waals surface area contributed by atoms with Crippen molar-refractivity contribution >= 4 is 57.1 Å². The van der Waals surface area contributed by atoms with Crippen molar-refractivity contribution in [1.82, 2.24) is 19.5 Å². The first-order valence-corrected chi connectivity index (χ1v) is 27.1. The molecule has 0 atom stereocenters. The van der Waals surface area contributed by atoms with Gasteiger partial charge in [0.15, 0.2) is 5.71 Å². The minimum absolute atomic E-state index is 0. The number of benzene rings is 7. The second kappa shape index (κ2) is 19.9. The average molecular weight is 1110 g/mol. The van der Waals surface area contributed by atoms with Gasteiger partial charge in [-0.05, 0) is 110 Å². The van der Waals surface area contributed by atoms with Crippen molar-refractivity contribution in [2.24, 2.45) is 0 Å². The van der Waals surface area contributed by atoms with Gasteiger partial charge >= 0.3 is 0 Å². The molecule has 351 valence electrons. The number of nitrogens with zero attached hydrogens (tertiary/aromatic N) is 4. The first-order chi connectivity index (χ1) is 34.5. The van der Waals surface area contributed by atoms with E-state index in [1.807, 2.05) is 54.7 Å². The van der Waals surface area contributed by atoms with E-state index in [0.717, 1.165) is 49.5 Å². The van der Waals surface area contributed by atoms with Crippen LogP contribution in [0.2, 0.25) is 19.6 Å². The van der Waals surface area contributed by atoms with E-state index in [1.165, 1.54) is 44.7 Å². The summed E-state index contributed by atoms with van der Waals surface area (Å²) in [6.07, 6.45) is 3.51. The minimum Gasteiger partial charge on any atom is -0.482 e. The molecule has 70 heavy (non-hydrogen) atoms. The third-order valence-electron chi connectivity index (χ3n) is 13.0. The summed E-state index contributed by atoms with van der Waals surface area (Å²) in [5, 5.41) is 5.23. The largest absolute Gasteiger partial charge is 0.482 e. The summed E-state index contributed by atoms with van der Waals surface area (Å²) in [6.45, 7) is 14.0. The van der Waals surface area contributed by atoms with Crippen molar-refractivity contribution < 1.29 is 33.0 Å². The van der Waals surface area contributed by atoms with Gasteiger partial charge in [0, 0.05) is 42.8 Å². The van der Waals surface area contributed by atoms with Gasteiger partial charge in [-0.1, -0.05) is 185 Å². The van der Waals surface area contributed by atoms with E-state index in [0.29, 0.717) is 46.5 Å². The molecule has 8 heteroatoms. The summed E-state index contributed by atoms with van der Waals surface area (Å²) in [5.74, 6) is 1.18. The van der Waals surface area contributed by atoms with Gasteiger partial charge < -0.3 is 14.0 Å². The number of imidazole rings is 1. The van der Waals surface area contributed by atoms with Gasteiger partial charge in [-0.15, -0.1) is 29.8 Å². The van der Waals surface area contributed by atoms with E-state index >= 15 is 0 Å². The van der Waals surface area contributed by atoms with Gasteiger partial charge in [-0.25, -0.2) is 0 Å². The SMILES string of the molecule is CC(C)c1cc(-c2ccc3ccccc3c2)cc(C(C)C)c1Cn1c(-c2[c-]c3c(nc2)oc2ccccc23)nc2ccccc21.[2H]C([2H])([2H])c1cc(-c2[c-]cc(F)c(-c3ccccc3)c2)ncc1[Si](C)(C)C.[Ir]. The summed E-state index contributed by atoms with van der Waals surface area (Å²) in [4.78, 5) is 14.4. The molecule has 5 nitrogen and oxygen atoms in total. The van der Waals surface area contributed by atoms with Gasteiger partial charge in [0.25, 0.3) is 0 Å². The molecule has 0 spiro atoms. The molecule has 0 unspecified atom stereocenters. The summed E-state index contributed by atoms with van der Waals surface area (Å²) in [5.41, 5.74) is 13.5. The van der Waals surface area contributed by atoms with E-state index in [4.69, 9.17) is 18.5 Å². The Bertz CT molecular complexity index is 3770. The molecule has 7 aromatic carbocycles. The van der Waals surface area contributed by atoms with E-state index in [9.17, 15) is 4.39 Å². The van der Waals surface area contributed by atoms with E-state index in [-0.39, 0.29) is 25.9 Å². The Morgan fingerprint density at radius 3 is 2.14 bits per heavy atom. The second-order valence-corrected chi connectivity index (χ2v) is 24.5. The number of fused-ring (bicyclic) bond motifs is 5. The Hall–Kier alpha value is -6.83. The summed E-state index contributed by atoms with van der Waals surface area (Å²) >= 11 is 0. The molecule has 11 rings (SSSR count). The zero-order chi connectivity index (χ0) is 50.5. The van der Waals surface area contributed by atoms with Crippen molar-refractivity contribution in [3.8, 4) is 44.9 Å². The van der Waals surface area contributed by atoms with Crippen LogP contribution in [0.4, 0.5) is 4.39 Å². The molecule has 0 saturated heterocycles. The van der Waals surface area contributed by atoms with Crippen molar-refractivity contribution in [2.75, 3.05) is 0 Å². The minimum atomic E-state index is -2.23. The Morgan fingerprint density at radius 2 is 1.40 bits per heavy atom. The van der Waals surface area contributed by atoms with Crippen LogP contribution in [0.25, 0.3) is 88.8 Å². The molecule has 4 aromatic heterocycles. The number of aromatic nitrogens is 4. The van der Waals surface area contributed by atoms with Crippen LogP contribution in [-0.2, 0) is 26.7 Å². The first kappa shape index (κ1) is 44.4. The monoisotopic (exact) mass is 1110 g/mol. The third kappa shape index (κ3) is 9.56.